The number of carbonyl (C=O) groups is 2. The zero-order valence-corrected chi connectivity index (χ0v) is 21.1. The molecule has 0 spiro atoms. The average Bonchev–Trinajstić information content (AvgIpc) is 3.33. The SMILES string of the molecule is O=C(N1CCC(NS(=O)(=O)c2ccc3c(c2)CCC3)CC1)N1CC2CC(C1)[C@H]1CCCC(=O)N1C2. The van der Waals surface area contributed by atoms with E-state index in [0.717, 1.165) is 63.7 Å². The number of nitrogens with one attached hydrogen (secondary N) is 1. The van der Waals surface area contributed by atoms with Crippen molar-refractivity contribution in [1.29, 1.82) is 0 Å². The van der Waals surface area contributed by atoms with E-state index in [-0.39, 0.29) is 12.1 Å². The largest absolute Gasteiger partial charge is 0.339 e. The minimum Gasteiger partial charge on any atom is -0.339 e. The quantitative estimate of drug-likeness (QED) is 0.690. The third-order valence-electron chi connectivity index (χ3n) is 8.92. The fourth-order valence-electron chi connectivity index (χ4n) is 7.16. The molecule has 5 aliphatic rings. The minimum absolute atomic E-state index is 0.0789. The van der Waals surface area contributed by atoms with E-state index in [1.807, 2.05) is 21.9 Å². The number of hydrogen-bond donors (Lipinski definition) is 1. The second-order valence-corrected chi connectivity index (χ2v) is 12.9. The monoisotopic (exact) mass is 500 g/mol. The summed E-state index contributed by atoms with van der Waals surface area (Å²) in [6.45, 7) is 3.37. The van der Waals surface area contributed by atoms with Gasteiger partial charge in [0.2, 0.25) is 15.9 Å². The normalized spacial score (nSPS) is 29.2. The van der Waals surface area contributed by atoms with E-state index in [1.54, 1.807) is 6.07 Å². The Morgan fingerprint density at radius 2 is 1.71 bits per heavy atom. The molecule has 1 aromatic rings. The number of piperidine rings is 4. The molecule has 1 aromatic carbocycles. The van der Waals surface area contributed by atoms with Crippen molar-refractivity contribution in [2.45, 2.75) is 74.8 Å². The first kappa shape index (κ1) is 23.3. The molecule has 6 rings (SSSR count). The highest BCUT2D eigenvalue weighted by atomic mass is 32.2. The van der Waals surface area contributed by atoms with Gasteiger partial charge in [0.1, 0.15) is 0 Å². The highest BCUT2D eigenvalue weighted by Gasteiger charge is 2.45. The van der Waals surface area contributed by atoms with Crippen LogP contribution < -0.4 is 4.72 Å². The van der Waals surface area contributed by atoms with Gasteiger partial charge in [0.05, 0.1) is 4.90 Å². The molecule has 190 valence electrons. The Bertz CT molecular complexity index is 1110. The molecule has 8 nitrogen and oxygen atoms in total. The fraction of sp³-hybridized carbons (Fsp3) is 0.692. The molecule has 3 amide bonds. The van der Waals surface area contributed by atoms with Gasteiger partial charge in [-0.15, -0.1) is 0 Å². The van der Waals surface area contributed by atoms with Crippen molar-refractivity contribution >= 4 is 22.0 Å². The first-order valence-corrected chi connectivity index (χ1v) is 14.8. The van der Waals surface area contributed by atoms with Gasteiger partial charge in [-0.25, -0.2) is 17.9 Å². The summed E-state index contributed by atoms with van der Waals surface area (Å²) >= 11 is 0. The molecule has 0 saturated carbocycles. The smallest absolute Gasteiger partial charge is 0.320 e. The summed E-state index contributed by atoms with van der Waals surface area (Å²) < 4.78 is 28.9. The van der Waals surface area contributed by atoms with Crippen LogP contribution in [0.3, 0.4) is 0 Å². The molecular formula is C26H36N4O4S. The second kappa shape index (κ2) is 9.07. The molecule has 4 aliphatic heterocycles. The number of hydrogen-bond acceptors (Lipinski definition) is 4. The Labute approximate surface area is 208 Å². The van der Waals surface area contributed by atoms with Crippen molar-refractivity contribution in [2.75, 3.05) is 32.7 Å². The summed E-state index contributed by atoms with van der Waals surface area (Å²) in [5.41, 5.74) is 2.42. The molecule has 2 unspecified atom stereocenters. The number of benzene rings is 1. The molecule has 3 atom stereocenters. The Hall–Kier alpha value is -2.13. The number of likely N-dealkylation sites (tertiary alicyclic amines) is 2. The molecular weight excluding hydrogens is 464 g/mol. The molecule has 4 fully saturated rings. The van der Waals surface area contributed by atoms with E-state index in [4.69, 9.17) is 0 Å². The van der Waals surface area contributed by atoms with Gasteiger partial charge in [-0.2, -0.15) is 0 Å². The second-order valence-electron chi connectivity index (χ2n) is 11.2. The zero-order valence-electron chi connectivity index (χ0n) is 20.3. The van der Waals surface area contributed by atoms with Crippen molar-refractivity contribution in [1.82, 2.24) is 19.4 Å². The third-order valence-corrected chi connectivity index (χ3v) is 10.4. The van der Waals surface area contributed by atoms with Gasteiger partial charge >= 0.3 is 6.03 Å². The van der Waals surface area contributed by atoms with Crippen LogP contribution in [0.25, 0.3) is 0 Å². The predicted molar refractivity (Wildman–Crippen MR) is 131 cm³/mol. The summed E-state index contributed by atoms with van der Waals surface area (Å²) in [6.07, 6.45) is 8.13. The van der Waals surface area contributed by atoms with E-state index in [2.05, 4.69) is 9.62 Å². The number of carbonyl (C=O) groups excluding carboxylic acids is 2. The Kier molecular flexibility index (Phi) is 6.03. The Morgan fingerprint density at radius 1 is 0.914 bits per heavy atom. The van der Waals surface area contributed by atoms with E-state index >= 15 is 0 Å². The van der Waals surface area contributed by atoms with E-state index in [9.17, 15) is 18.0 Å². The number of fused-ring (bicyclic) bond motifs is 5. The van der Waals surface area contributed by atoms with Gasteiger partial charge in [-0.05, 0) is 86.5 Å². The number of rotatable bonds is 3. The lowest BCUT2D eigenvalue weighted by Crippen LogP contribution is -2.62. The van der Waals surface area contributed by atoms with Crippen molar-refractivity contribution < 1.29 is 18.0 Å². The molecule has 9 heteroatoms. The topological polar surface area (TPSA) is 90.0 Å². The number of amides is 3. The lowest BCUT2D eigenvalue weighted by atomic mass is 9.76. The first-order valence-electron chi connectivity index (χ1n) is 13.3. The molecule has 1 N–H and O–H groups in total. The number of nitrogens with zero attached hydrogens (tertiary/aromatic N) is 3. The number of sulfonamides is 1. The molecule has 2 bridgehead atoms. The van der Waals surface area contributed by atoms with Gasteiger partial charge < -0.3 is 14.7 Å². The number of urea groups is 1. The molecule has 4 heterocycles. The van der Waals surface area contributed by atoms with Crippen LogP contribution in [0.2, 0.25) is 0 Å². The van der Waals surface area contributed by atoms with Gasteiger partial charge in [0, 0.05) is 51.2 Å². The van der Waals surface area contributed by atoms with Gasteiger partial charge in [0.25, 0.3) is 0 Å². The summed E-state index contributed by atoms with van der Waals surface area (Å²) in [4.78, 5) is 32.1. The Balaban J connectivity index is 1.04. The van der Waals surface area contributed by atoms with Crippen LogP contribution in [0.4, 0.5) is 4.79 Å². The maximum Gasteiger partial charge on any atom is 0.320 e. The van der Waals surface area contributed by atoms with Crippen LogP contribution >= 0.6 is 0 Å². The van der Waals surface area contributed by atoms with Gasteiger partial charge in [-0.3, -0.25) is 4.79 Å². The summed E-state index contributed by atoms with van der Waals surface area (Å²) in [6, 6.07) is 5.73. The van der Waals surface area contributed by atoms with Crippen LogP contribution in [0.1, 0.15) is 56.1 Å². The van der Waals surface area contributed by atoms with Crippen LogP contribution in [-0.2, 0) is 27.7 Å². The molecule has 0 radical (unpaired) electrons. The number of aryl methyl sites for hydroxylation is 2. The predicted octanol–water partition coefficient (Wildman–Crippen LogP) is 2.37. The maximum atomic E-state index is 13.4. The zero-order chi connectivity index (χ0) is 24.2. The van der Waals surface area contributed by atoms with E-state index in [1.165, 1.54) is 5.56 Å². The van der Waals surface area contributed by atoms with E-state index in [0.29, 0.717) is 61.0 Å². The molecule has 0 aromatic heterocycles. The summed E-state index contributed by atoms with van der Waals surface area (Å²) in [5.74, 6) is 1.04. The van der Waals surface area contributed by atoms with Crippen molar-refractivity contribution in [3.05, 3.63) is 29.3 Å². The summed E-state index contributed by atoms with van der Waals surface area (Å²) in [5, 5.41) is 0. The van der Waals surface area contributed by atoms with Crippen molar-refractivity contribution in [2.24, 2.45) is 11.8 Å². The van der Waals surface area contributed by atoms with Crippen LogP contribution in [0, 0.1) is 11.8 Å². The third kappa shape index (κ3) is 4.46. The van der Waals surface area contributed by atoms with Crippen molar-refractivity contribution in [3.8, 4) is 0 Å². The minimum atomic E-state index is -3.56. The van der Waals surface area contributed by atoms with Gasteiger partial charge in [-0.1, -0.05) is 6.07 Å². The van der Waals surface area contributed by atoms with Gasteiger partial charge in [0.15, 0.2) is 0 Å². The van der Waals surface area contributed by atoms with Crippen LogP contribution in [0.5, 0.6) is 0 Å². The van der Waals surface area contributed by atoms with Crippen molar-refractivity contribution in [3.63, 3.8) is 0 Å². The fourth-order valence-corrected chi connectivity index (χ4v) is 8.51. The molecule has 4 saturated heterocycles. The van der Waals surface area contributed by atoms with Crippen LogP contribution in [-0.4, -0.2) is 79.9 Å². The highest BCUT2D eigenvalue weighted by Crippen LogP contribution is 2.38. The lowest BCUT2D eigenvalue weighted by Gasteiger charge is -2.53. The summed E-state index contributed by atoms with van der Waals surface area (Å²) in [7, 11) is -3.56. The van der Waals surface area contributed by atoms with E-state index < -0.39 is 10.0 Å². The standard InChI is InChI=1S/C26H36N4O4S/c31-25-6-2-5-24-21-13-18(16-30(24)25)15-29(17-21)26(32)28-11-9-22(10-12-28)27-35(33,34)23-8-7-19-3-1-4-20(19)14-23/h7-8,14,18,21-22,24,27H,1-6,9-13,15-17H2/t18?,21?,24-/m1/s1. The first-order chi connectivity index (χ1) is 16.9. The maximum absolute atomic E-state index is 13.4. The molecule has 1 aliphatic carbocycles. The average molecular weight is 501 g/mol. The van der Waals surface area contributed by atoms with Crippen LogP contribution in [0.15, 0.2) is 23.1 Å². The molecule has 35 heavy (non-hydrogen) atoms. The highest BCUT2D eigenvalue weighted by molar-refractivity contribution is 7.89. The Morgan fingerprint density at radius 3 is 2.54 bits per heavy atom. The lowest BCUT2D eigenvalue weighted by molar-refractivity contribution is -0.144.